The van der Waals surface area contributed by atoms with E-state index in [1.807, 2.05) is 12.1 Å². The molecule has 4 bridgehead atoms. The Balaban J connectivity index is 1.58. The lowest BCUT2D eigenvalue weighted by Crippen LogP contribution is -3.01. The fraction of sp³-hybridized carbons (Fsp3) is 0.409. The summed E-state index contributed by atoms with van der Waals surface area (Å²) >= 11 is 6.87. The van der Waals surface area contributed by atoms with Gasteiger partial charge in [-0.25, -0.2) is 4.79 Å². The van der Waals surface area contributed by atoms with E-state index in [-0.39, 0.29) is 5.97 Å². The first-order chi connectivity index (χ1) is 13.5. The number of benzene rings is 2. The normalized spacial score (nSPS) is 33.1. The third kappa shape index (κ3) is 3.24. The SMILES string of the molecule is O=C(OC1(c2ccccc2)C2CC3CC1CC(C2)[NH2+]3)c1cc(I)cc(I)c1I. The number of halogens is 3. The Kier molecular flexibility index (Phi) is 5.45. The van der Waals surface area contributed by atoms with Crippen LogP contribution in [0.3, 0.4) is 0 Å². The van der Waals surface area contributed by atoms with E-state index < -0.39 is 5.60 Å². The lowest BCUT2D eigenvalue weighted by Gasteiger charge is -2.58. The molecule has 4 aliphatic rings. The van der Waals surface area contributed by atoms with Gasteiger partial charge in [0.25, 0.3) is 0 Å². The third-order valence-corrected chi connectivity index (χ3v) is 10.5. The zero-order valence-corrected chi connectivity index (χ0v) is 21.7. The second-order valence-corrected chi connectivity index (χ2v) is 11.8. The van der Waals surface area contributed by atoms with Crippen molar-refractivity contribution in [1.29, 1.82) is 0 Å². The van der Waals surface area contributed by atoms with Crippen molar-refractivity contribution in [3.63, 3.8) is 0 Å². The van der Waals surface area contributed by atoms with Gasteiger partial charge >= 0.3 is 5.97 Å². The maximum atomic E-state index is 13.5. The van der Waals surface area contributed by atoms with Gasteiger partial charge in [0.15, 0.2) is 0 Å². The molecule has 2 aliphatic carbocycles. The van der Waals surface area contributed by atoms with Crippen molar-refractivity contribution in [3.05, 3.63) is 64.3 Å². The summed E-state index contributed by atoms with van der Waals surface area (Å²) in [5, 5.41) is 2.58. The Bertz CT molecular complexity index is 903. The minimum absolute atomic E-state index is 0.166. The van der Waals surface area contributed by atoms with Crippen LogP contribution in [0.15, 0.2) is 42.5 Å². The van der Waals surface area contributed by atoms with Gasteiger partial charge in [-0.15, -0.1) is 0 Å². The van der Waals surface area contributed by atoms with E-state index in [1.165, 1.54) is 5.56 Å². The number of esters is 1. The standard InChI is InChI=1S/C22H20I3NO2/c23-15-10-18(20(25)19(24)11-15)21(27)28-22(12-4-2-1-3-5-12)13-6-16-8-14(22)9-17(7-13)26-16/h1-5,10-11,13-14,16-17,26H,6-9H2/p+1. The molecule has 0 radical (unpaired) electrons. The highest BCUT2D eigenvalue weighted by atomic mass is 127. The predicted octanol–water partition coefficient (Wildman–Crippen LogP) is 4.69. The summed E-state index contributed by atoms with van der Waals surface area (Å²) in [7, 11) is 0. The molecule has 2 aliphatic heterocycles. The van der Waals surface area contributed by atoms with Gasteiger partial charge in [0.05, 0.1) is 17.6 Å². The predicted molar refractivity (Wildman–Crippen MR) is 133 cm³/mol. The van der Waals surface area contributed by atoms with Gasteiger partial charge in [0, 0.05) is 48.2 Å². The molecule has 4 fully saturated rings. The van der Waals surface area contributed by atoms with Gasteiger partial charge in [-0.3, -0.25) is 0 Å². The van der Waals surface area contributed by atoms with Crippen LogP contribution in [-0.4, -0.2) is 18.1 Å². The quantitative estimate of drug-likeness (QED) is 0.286. The van der Waals surface area contributed by atoms with Crippen LogP contribution >= 0.6 is 67.8 Å². The molecular formula is C22H21I3NO2+. The number of nitrogens with two attached hydrogens (primary N) is 1. The van der Waals surface area contributed by atoms with E-state index in [0.29, 0.717) is 29.5 Å². The molecule has 6 rings (SSSR count). The molecule has 28 heavy (non-hydrogen) atoms. The highest BCUT2D eigenvalue weighted by Crippen LogP contribution is 2.56. The van der Waals surface area contributed by atoms with Gasteiger partial charge < -0.3 is 10.1 Å². The fourth-order valence-electron chi connectivity index (χ4n) is 5.89. The highest BCUT2D eigenvalue weighted by Gasteiger charge is 2.62. The van der Waals surface area contributed by atoms with Crippen LogP contribution in [0, 0.1) is 22.5 Å². The lowest BCUT2D eigenvalue weighted by atomic mass is 9.54. The highest BCUT2D eigenvalue weighted by molar-refractivity contribution is 14.1. The number of hydrogen-bond acceptors (Lipinski definition) is 2. The van der Waals surface area contributed by atoms with Crippen molar-refractivity contribution in [2.45, 2.75) is 43.4 Å². The number of ether oxygens (including phenoxy) is 1. The number of rotatable bonds is 3. The van der Waals surface area contributed by atoms with Crippen molar-refractivity contribution in [2.24, 2.45) is 11.8 Å². The monoisotopic (exact) mass is 712 g/mol. The number of piperidine rings is 2. The first kappa shape index (κ1) is 20.0. The minimum Gasteiger partial charge on any atom is -0.450 e. The Morgan fingerprint density at radius 2 is 1.57 bits per heavy atom. The first-order valence-electron chi connectivity index (χ1n) is 9.75. The largest absolute Gasteiger partial charge is 0.450 e. The van der Waals surface area contributed by atoms with Gasteiger partial charge in [-0.1, -0.05) is 30.3 Å². The van der Waals surface area contributed by atoms with Crippen LogP contribution < -0.4 is 5.32 Å². The zero-order valence-electron chi connectivity index (χ0n) is 15.2. The smallest absolute Gasteiger partial charge is 0.340 e. The van der Waals surface area contributed by atoms with Gasteiger partial charge in [0.1, 0.15) is 5.60 Å². The summed E-state index contributed by atoms with van der Waals surface area (Å²) in [6, 6.07) is 16.0. The van der Waals surface area contributed by atoms with Crippen molar-refractivity contribution < 1.29 is 14.8 Å². The van der Waals surface area contributed by atoms with E-state index in [1.54, 1.807) is 0 Å². The molecule has 0 atom stereocenters. The molecule has 2 saturated heterocycles. The van der Waals surface area contributed by atoms with Crippen molar-refractivity contribution in [1.82, 2.24) is 0 Å². The average molecular weight is 712 g/mol. The summed E-state index contributed by atoms with van der Waals surface area (Å²) in [4.78, 5) is 13.5. The van der Waals surface area contributed by atoms with Crippen molar-refractivity contribution >= 4 is 73.7 Å². The fourth-order valence-corrected chi connectivity index (χ4v) is 8.26. The molecule has 2 saturated carbocycles. The Morgan fingerprint density at radius 3 is 2.18 bits per heavy atom. The Hall–Kier alpha value is 0.0600. The Morgan fingerprint density at radius 1 is 0.964 bits per heavy atom. The van der Waals surface area contributed by atoms with Crippen LogP contribution in [0.25, 0.3) is 0 Å². The van der Waals surface area contributed by atoms with Gasteiger partial charge in [-0.05, 0) is 85.5 Å². The van der Waals surface area contributed by atoms with Crippen LogP contribution in [0.5, 0.6) is 0 Å². The molecule has 6 heteroatoms. The maximum absolute atomic E-state index is 13.5. The maximum Gasteiger partial charge on any atom is 0.340 e. The van der Waals surface area contributed by atoms with E-state index in [2.05, 4.69) is 103 Å². The molecule has 2 heterocycles. The molecule has 0 amide bonds. The molecule has 0 aromatic heterocycles. The molecular weight excluding hydrogens is 691 g/mol. The van der Waals surface area contributed by atoms with Crippen LogP contribution in [0.4, 0.5) is 0 Å². The van der Waals surface area contributed by atoms with E-state index in [4.69, 9.17) is 4.74 Å². The second-order valence-electron chi connectivity index (χ2n) is 8.35. The second kappa shape index (κ2) is 7.64. The van der Waals surface area contributed by atoms with Crippen LogP contribution in [0.1, 0.15) is 41.6 Å². The van der Waals surface area contributed by atoms with Crippen molar-refractivity contribution in [3.8, 4) is 0 Å². The molecule has 0 spiro atoms. The molecule has 3 nitrogen and oxygen atoms in total. The van der Waals surface area contributed by atoms with E-state index in [9.17, 15) is 4.79 Å². The molecule has 2 aromatic carbocycles. The lowest BCUT2D eigenvalue weighted by molar-refractivity contribution is -0.752. The van der Waals surface area contributed by atoms with Crippen LogP contribution in [-0.2, 0) is 10.3 Å². The Labute approximate surface area is 206 Å². The number of carbonyl (C=O) groups excluding carboxylic acids is 1. The van der Waals surface area contributed by atoms with E-state index in [0.717, 1.165) is 36.4 Å². The topological polar surface area (TPSA) is 42.9 Å². The minimum atomic E-state index is -0.477. The molecule has 2 N–H and O–H groups in total. The summed E-state index contributed by atoms with van der Waals surface area (Å²) < 4.78 is 9.78. The van der Waals surface area contributed by atoms with Crippen LogP contribution in [0.2, 0.25) is 0 Å². The summed E-state index contributed by atoms with van der Waals surface area (Å²) in [5.41, 5.74) is 1.41. The summed E-state index contributed by atoms with van der Waals surface area (Å²) in [5.74, 6) is 0.679. The molecule has 2 aromatic rings. The summed E-state index contributed by atoms with van der Waals surface area (Å²) in [6.07, 6.45) is 4.60. The average Bonchev–Trinajstić information content (AvgIpc) is 2.67. The van der Waals surface area contributed by atoms with Gasteiger partial charge in [0.2, 0.25) is 0 Å². The zero-order chi connectivity index (χ0) is 19.5. The first-order valence-corrected chi connectivity index (χ1v) is 13.0. The number of quaternary nitrogens is 1. The molecule has 146 valence electrons. The number of hydrogen-bond donors (Lipinski definition) is 1. The molecule has 0 unspecified atom stereocenters. The van der Waals surface area contributed by atoms with Crippen molar-refractivity contribution in [2.75, 3.05) is 0 Å². The van der Waals surface area contributed by atoms with E-state index >= 15 is 0 Å². The van der Waals surface area contributed by atoms with Gasteiger partial charge in [-0.2, -0.15) is 0 Å². The third-order valence-electron chi connectivity index (χ3n) is 6.81. The summed E-state index contributed by atoms with van der Waals surface area (Å²) in [6.45, 7) is 0. The number of carbonyl (C=O) groups is 1.